The van der Waals surface area contributed by atoms with Crippen LogP contribution < -0.4 is 54.4 Å². The molecule has 0 saturated heterocycles. The molecule has 6 rings (SSSR count). The average Bonchev–Trinajstić information content (AvgIpc) is 3.50. The third-order valence-electron chi connectivity index (χ3n) is 12.3. The molecule has 15 heteroatoms. The molecule has 0 fully saturated rings. The summed E-state index contributed by atoms with van der Waals surface area (Å²) >= 11 is 0. The zero-order valence-electron chi connectivity index (χ0n) is 32.9. The molecule has 1 heterocycles. The maximum atomic E-state index is 5.06. The van der Waals surface area contributed by atoms with Crippen LogP contribution in [0.1, 0.15) is 19.7 Å². The molecule has 0 radical (unpaired) electrons. The molecule has 0 N–H and O–H groups in total. The van der Waals surface area contributed by atoms with Crippen LogP contribution in [0.25, 0.3) is 55.2 Å². The van der Waals surface area contributed by atoms with Crippen LogP contribution in [-0.2, 0) is 6.42 Å². The Morgan fingerprint density at radius 2 is 1.20 bits per heavy atom. The number of nitrogens with zero attached hydrogens (tertiary/aromatic N) is 2. The van der Waals surface area contributed by atoms with Crippen LogP contribution in [0.4, 0.5) is 0 Å². The topological polar surface area (TPSA) is 17.8 Å². The molecule has 0 aliphatic rings. The summed E-state index contributed by atoms with van der Waals surface area (Å²) in [5.41, 5.74) is 24.5. The first-order chi connectivity index (χ1) is 23.6. The van der Waals surface area contributed by atoms with Gasteiger partial charge in [-0.15, -0.1) is 0 Å². The monoisotopic (exact) mass is 632 g/mol. The van der Waals surface area contributed by atoms with Crippen molar-refractivity contribution in [2.24, 2.45) is 0 Å². The van der Waals surface area contributed by atoms with Gasteiger partial charge in [0.05, 0.1) is 0 Å². The second-order valence-electron chi connectivity index (χ2n) is 14.9. The van der Waals surface area contributed by atoms with Crippen molar-refractivity contribution in [2.75, 3.05) is 0 Å². The first-order valence-corrected chi connectivity index (χ1v) is 18.2. The molecule has 0 atom stereocenters. The van der Waals surface area contributed by atoms with Crippen molar-refractivity contribution in [1.29, 1.82) is 0 Å². The Hall–Kier alpha value is -3.72. The van der Waals surface area contributed by atoms with Crippen molar-refractivity contribution in [2.45, 2.75) is 20.3 Å². The Balaban J connectivity index is 1.92. The van der Waals surface area contributed by atoms with Crippen LogP contribution >= 0.6 is 0 Å². The van der Waals surface area contributed by atoms with E-state index in [-0.39, 0.29) is 0 Å². The van der Waals surface area contributed by atoms with Crippen molar-refractivity contribution in [3.05, 3.63) is 75.6 Å². The summed E-state index contributed by atoms with van der Waals surface area (Å²) in [5, 5.41) is 5.02. The quantitative estimate of drug-likeness (QED) is 0.173. The van der Waals surface area contributed by atoms with E-state index in [4.69, 9.17) is 12.5 Å². The fourth-order valence-electron chi connectivity index (χ4n) is 8.31. The molecule has 0 aliphatic heterocycles. The van der Waals surface area contributed by atoms with Gasteiger partial charge in [-0.1, -0.05) is 0 Å². The predicted octanol–water partition coefficient (Wildman–Crippen LogP) is -11.2. The first kappa shape index (κ1) is 36.1. The Morgan fingerprint density at radius 3 is 1.78 bits per heavy atom. The minimum atomic E-state index is 0.850. The van der Waals surface area contributed by atoms with Gasteiger partial charge < -0.3 is 0 Å². The summed E-state index contributed by atoms with van der Waals surface area (Å²) in [6, 6.07) is 17.6. The van der Waals surface area contributed by atoms with Crippen molar-refractivity contribution >= 4 is 178 Å². The maximum absolute atomic E-state index is 5.06. The Kier molecular flexibility index (Phi) is 9.70. The van der Waals surface area contributed by atoms with Gasteiger partial charge in [0.15, 0.2) is 0 Å². The van der Waals surface area contributed by atoms with E-state index in [1.54, 1.807) is 0 Å². The molecular formula is C35H41B13N2. The van der Waals surface area contributed by atoms with E-state index >= 15 is 0 Å². The van der Waals surface area contributed by atoms with Gasteiger partial charge in [-0.2, -0.15) is 0 Å². The van der Waals surface area contributed by atoms with Gasteiger partial charge in [0, 0.05) is 0 Å². The van der Waals surface area contributed by atoms with Gasteiger partial charge in [0.2, 0.25) is 0 Å². The van der Waals surface area contributed by atoms with Gasteiger partial charge in [0.1, 0.15) is 0 Å². The summed E-state index contributed by atoms with van der Waals surface area (Å²) in [6.07, 6.45) is 0.850. The van der Waals surface area contributed by atoms with Crippen molar-refractivity contribution < 1.29 is 0 Å². The molecular weight excluding hydrogens is 589 g/mol. The molecule has 1 aromatic heterocycles. The summed E-state index contributed by atoms with van der Waals surface area (Å²) in [5.74, 6) is 1.07. The Labute approximate surface area is 310 Å². The molecule has 0 unspecified atom stereocenters. The number of benzene rings is 5. The summed E-state index contributed by atoms with van der Waals surface area (Å²) < 4.78 is 2.34. The number of hydrogen-bond donors (Lipinski definition) is 0. The van der Waals surface area contributed by atoms with Crippen LogP contribution in [0.5, 0.6) is 0 Å². The first-order valence-electron chi connectivity index (χ1n) is 18.2. The van der Waals surface area contributed by atoms with E-state index in [1.807, 2.05) is 0 Å². The second-order valence-corrected chi connectivity index (χ2v) is 14.9. The predicted molar refractivity (Wildman–Crippen MR) is 260 cm³/mol. The molecule has 50 heavy (non-hydrogen) atoms. The SMILES string of the molecule is B=c1c(-c2c(B)c(B)c(B)c(B)c2B)c2c(B)c(B)c(B)c(B)c2c(-c2cccc(-n3c(CC)nc4ccccc43)c2)/c1=C(B)/C(B)=C(/B)C. The van der Waals surface area contributed by atoms with Crippen LogP contribution in [0.2, 0.25) is 0 Å². The third-order valence-corrected chi connectivity index (χ3v) is 12.3. The van der Waals surface area contributed by atoms with E-state index in [2.05, 4.69) is 161 Å². The van der Waals surface area contributed by atoms with Crippen LogP contribution in [-0.4, -0.2) is 111 Å². The van der Waals surface area contributed by atoms with E-state index in [9.17, 15) is 0 Å². The minimum absolute atomic E-state index is 0.850. The molecule has 0 spiro atoms. The number of fused-ring (bicyclic) bond motifs is 2. The van der Waals surface area contributed by atoms with Gasteiger partial charge in [-0.05, 0) is 0 Å². The van der Waals surface area contributed by atoms with Gasteiger partial charge in [-0.3, -0.25) is 0 Å². The zero-order valence-corrected chi connectivity index (χ0v) is 32.9. The summed E-state index contributed by atoms with van der Waals surface area (Å²) in [7, 11) is 32.6. The normalized spacial score (nSPS) is 12.7. The summed E-state index contributed by atoms with van der Waals surface area (Å²) in [4.78, 5) is 5.03. The van der Waals surface area contributed by atoms with E-state index in [0.29, 0.717) is 0 Å². The molecule has 0 aliphatic carbocycles. The number of para-hydroxylation sites is 2. The number of rotatable bonds is 5. The van der Waals surface area contributed by atoms with Crippen LogP contribution in [0, 0.1) is 5.11 Å². The molecule has 230 valence electrons. The number of imidazole rings is 1. The molecule has 0 amide bonds. The van der Waals surface area contributed by atoms with Crippen molar-refractivity contribution in [3.63, 3.8) is 0 Å². The van der Waals surface area contributed by atoms with Crippen molar-refractivity contribution in [3.8, 4) is 27.9 Å². The molecule has 2 nitrogen and oxygen atoms in total. The van der Waals surface area contributed by atoms with Crippen molar-refractivity contribution in [1.82, 2.24) is 9.55 Å². The average molecular weight is 630 g/mol. The Morgan fingerprint density at radius 1 is 0.660 bits per heavy atom. The molecule has 6 aromatic rings. The van der Waals surface area contributed by atoms with E-state index < -0.39 is 0 Å². The third kappa shape index (κ3) is 5.46. The molecule has 0 saturated carbocycles. The molecule has 5 aromatic carbocycles. The van der Waals surface area contributed by atoms with Gasteiger partial charge >= 0.3 is 311 Å². The number of aryl methyl sites for hydroxylation is 1. The second kappa shape index (κ2) is 13.4. The number of allylic oxidation sites excluding steroid dienone is 2. The summed E-state index contributed by atoms with van der Waals surface area (Å²) in [6.45, 7) is 4.42. The fraction of sp³-hybridized carbons (Fsp3) is 0.0857. The van der Waals surface area contributed by atoms with Gasteiger partial charge in [-0.25, -0.2) is 0 Å². The van der Waals surface area contributed by atoms with Crippen LogP contribution in [0.3, 0.4) is 0 Å². The van der Waals surface area contributed by atoms with Crippen LogP contribution in [0.15, 0.2) is 59.5 Å². The Bertz CT molecular complexity index is 2560. The molecule has 0 bridgehead atoms. The van der Waals surface area contributed by atoms with E-state index in [1.165, 1.54) is 104 Å². The van der Waals surface area contributed by atoms with E-state index in [0.717, 1.165) is 34.1 Å². The van der Waals surface area contributed by atoms with Gasteiger partial charge in [0.25, 0.3) is 0 Å². The fourth-order valence-corrected chi connectivity index (χ4v) is 8.31. The number of aromatic nitrogens is 2. The zero-order chi connectivity index (χ0) is 36.5. The number of hydrogen-bond acceptors (Lipinski definition) is 1. The standard InChI is InChI=1S/C35H41B13N2/c1-3-17-49-15-9-4-5-10-16(15)50(17)14-8-6-7-13(11-14)18-19-20(27(40)32(45)31(44)26(19)39)21(25(38)22(18)28(41)24(37)12(2)36)23-29(42)33(46)35(48)34(47)30(23)43/h4-11,38H,3,36-37,39-48H2,1-2H3/b24-12-,28-22+.